The van der Waals surface area contributed by atoms with Gasteiger partial charge in [0.25, 0.3) is 5.91 Å². The molecule has 2 aromatic rings. The molecule has 1 amide bonds. The molecule has 0 saturated heterocycles. The van der Waals surface area contributed by atoms with Crippen LogP contribution in [0.3, 0.4) is 0 Å². The van der Waals surface area contributed by atoms with Crippen LogP contribution < -0.4 is 10.6 Å². The summed E-state index contributed by atoms with van der Waals surface area (Å²) in [6.07, 6.45) is 0. The van der Waals surface area contributed by atoms with Crippen molar-refractivity contribution >= 4 is 34.0 Å². The van der Waals surface area contributed by atoms with Gasteiger partial charge in [0.1, 0.15) is 0 Å². The molecule has 0 bridgehead atoms. The van der Waals surface area contributed by atoms with Gasteiger partial charge < -0.3 is 10.6 Å². The van der Waals surface area contributed by atoms with E-state index in [2.05, 4.69) is 15.6 Å². The zero-order valence-electron chi connectivity index (χ0n) is 9.74. The Labute approximate surface area is 114 Å². The number of aromatic nitrogens is 1. The van der Waals surface area contributed by atoms with Crippen LogP contribution in [0, 0.1) is 0 Å². The van der Waals surface area contributed by atoms with E-state index in [4.69, 9.17) is 11.6 Å². The molecule has 0 aliphatic heterocycles. The average molecular weight is 282 g/mol. The molecular weight excluding hydrogens is 270 g/mol. The van der Waals surface area contributed by atoms with Gasteiger partial charge in [-0.2, -0.15) is 0 Å². The zero-order chi connectivity index (χ0) is 13.0. The maximum atomic E-state index is 11.9. The van der Waals surface area contributed by atoms with Crippen LogP contribution in [0.15, 0.2) is 29.6 Å². The molecule has 2 rings (SSSR count). The van der Waals surface area contributed by atoms with Crippen LogP contribution in [0.5, 0.6) is 0 Å². The Bertz CT molecular complexity index is 556. The molecule has 0 radical (unpaired) electrons. The van der Waals surface area contributed by atoms with Crippen LogP contribution in [-0.2, 0) is 6.54 Å². The number of rotatable bonds is 4. The van der Waals surface area contributed by atoms with E-state index >= 15 is 0 Å². The molecule has 18 heavy (non-hydrogen) atoms. The average Bonchev–Trinajstić information content (AvgIpc) is 2.84. The number of benzene rings is 1. The Morgan fingerprint density at radius 3 is 2.89 bits per heavy atom. The number of carbonyl (C=O) groups excluding carboxylic acids is 1. The predicted molar refractivity (Wildman–Crippen MR) is 74.3 cm³/mol. The number of amides is 1. The van der Waals surface area contributed by atoms with Gasteiger partial charge in [0, 0.05) is 12.4 Å². The summed E-state index contributed by atoms with van der Waals surface area (Å²) in [6.45, 7) is 0.391. The maximum Gasteiger partial charge on any atom is 0.253 e. The Hall–Kier alpha value is -1.59. The van der Waals surface area contributed by atoms with E-state index in [9.17, 15) is 4.79 Å². The van der Waals surface area contributed by atoms with Crippen molar-refractivity contribution in [3.05, 3.63) is 45.9 Å². The first-order chi connectivity index (χ1) is 8.70. The number of anilines is 1. The van der Waals surface area contributed by atoms with Crippen LogP contribution in [0.2, 0.25) is 5.02 Å². The molecule has 0 aliphatic carbocycles. The number of halogens is 1. The van der Waals surface area contributed by atoms with Gasteiger partial charge in [0.15, 0.2) is 5.13 Å². The molecule has 1 aromatic carbocycles. The first kappa shape index (κ1) is 12.9. The van der Waals surface area contributed by atoms with E-state index in [1.807, 2.05) is 12.4 Å². The second-order valence-electron chi connectivity index (χ2n) is 3.56. The molecule has 94 valence electrons. The molecule has 6 heteroatoms. The van der Waals surface area contributed by atoms with Gasteiger partial charge in [-0.05, 0) is 12.1 Å². The first-order valence-corrected chi connectivity index (χ1v) is 6.61. The Morgan fingerprint density at radius 2 is 2.22 bits per heavy atom. The van der Waals surface area contributed by atoms with Crippen LogP contribution in [-0.4, -0.2) is 17.9 Å². The van der Waals surface area contributed by atoms with Crippen LogP contribution in [0.25, 0.3) is 0 Å². The fourth-order valence-electron chi connectivity index (χ4n) is 1.41. The summed E-state index contributed by atoms with van der Waals surface area (Å²) >= 11 is 7.44. The molecular formula is C12H12ClN3OS. The lowest BCUT2D eigenvalue weighted by Crippen LogP contribution is -2.23. The van der Waals surface area contributed by atoms with Gasteiger partial charge in [-0.25, -0.2) is 4.98 Å². The summed E-state index contributed by atoms with van der Waals surface area (Å²) in [4.78, 5) is 16.2. The van der Waals surface area contributed by atoms with Crippen LogP contribution >= 0.6 is 22.9 Å². The number of carbonyl (C=O) groups is 1. The third kappa shape index (κ3) is 3.00. The predicted octanol–water partition coefficient (Wildman–Crippen LogP) is 2.77. The largest absolute Gasteiger partial charge is 0.365 e. The lowest BCUT2D eigenvalue weighted by atomic mass is 10.2. The number of nitrogens with one attached hydrogen (secondary N) is 2. The summed E-state index contributed by atoms with van der Waals surface area (Å²) in [5, 5.41) is 8.92. The normalized spacial score (nSPS) is 10.1. The van der Waals surface area contributed by atoms with Crippen molar-refractivity contribution in [1.82, 2.24) is 10.3 Å². The highest BCUT2D eigenvalue weighted by Crippen LogP contribution is 2.16. The van der Waals surface area contributed by atoms with Crippen molar-refractivity contribution in [2.24, 2.45) is 0 Å². The van der Waals surface area contributed by atoms with Crippen molar-refractivity contribution < 1.29 is 4.79 Å². The highest BCUT2D eigenvalue weighted by atomic mass is 35.5. The number of thiazole rings is 1. The summed E-state index contributed by atoms with van der Waals surface area (Å²) in [6, 6.07) is 6.96. The standard InChI is InChI=1S/C12H12ClN3OS/c1-14-12-16-8(7-18-12)6-15-11(17)9-4-2-3-5-10(9)13/h2-5,7H,6H2,1H3,(H,14,16)(H,15,17). The van der Waals surface area contributed by atoms with Gasteiger partial charge in [-0.15, -0.1) is 11.3 Å². The van der Waals surface area contributed by atoms with E-state index in [1.165, 1.54) is 11.3 Å². The summed E-state index contributed by atoms with van der Waals surface area (Å²) in [5.41, 5.74) is 1.30. The lowest BCUT2D eigenvalue weighted by molar-refractivity contribution is 0.0950. The molecule has 0 saturated carbocycles. The van der Waals surface area contributed by atoms with E-state index in [1.54, 1.807) is 24.3 Å². The SMILES string of the molecule is CNc1nc(CNC(=O)c2ccccc2Cl)cs1. The Balaban J connectivity index is 1.98. The fraction of sp³-hybridized carbons (Fsp3) is 0.167. The van der Waals surface area contributed by atoms with Crippen LogP contribution in [0.4, 0.5) is 5.13 Å². The van der Waals surface area contributed by atoms with E-state index in [-0.39, 0.29) is 5.91 Å². The van der Waals surface area contributed by atoms with Gasteiger partial charge in [0.05, 0.1) is 22.8 Å². The molecule has 2 N–H and O–H groups in total. The Morgan fingerprint density at radius 1 is 1.44 bits per heavy atom. The molecule has 0 unspecified atom stereocenters. The second kappa shape index (κ2) is 5.84. The minimum Gasteiger partial charge on any atom is -0.365 e. The third-order valence-electron chi connectivity index (χ3n) is 2.31. The molecule has 1 aromatic heterocycles. The molecule has 0 atom stereocenters. The van der Waals surface area contributed by atoms with Crippen molar-refractivity contribution in [3.8, 4) is 0 Å². The van der Waals surface area contributed by atoms with Crippen molar-refractivity contribution in [2.45, 2.75) is 6.54 Å². The molecule has 4 nitrogen and oxygen atoms in total. The Kier molecular flexibility index (Phi) is 4.17. The fourth-order valence-corrected chi connectivity index (χ4v) is 2.31. The third-order valence-corrected chi connectivity index (χ3v) is 3.55. The second-order valence-corrected chi connectivity index (χ2v) is 4.82. The number of nitrogens with zero attached hydrogens (tertiary/aromatic N) is 1. The minimum atomic E-state index is -0.195. The van der Waals surface area contributed by atoms with Gasteiger partial charge in [0.2, 0.25) is 0 Å². The lowest BCUT2D eigenvalue weighted by Gasteiger charge is -2.04. The first-order valence-electron chi connectivity index (χ1n) is 5.35. The zero-order valence-corrected chi connectivity index (χ0v) is 11.3. The van der Waals surface area contributed by atoms with Gasteiger partial charge >= 0.3 is 0 Å². The van der Waals surface area contributed by atoms with E-state index in [0.29, 0.717) is 17.1 Å². The molecule has 1 heterocycles. The highest BCUT2D eigenvalue weighted by molar-refractivity contribution is 7.13. The number of hydrogen-bond acceptors (Lipinski definition) is 4. The summed E-state index contributed by atoms with van der Waals surface area (Å²) < 4.78 is 0. The van der Waals surface area contributed by atoms with Gasteiger partial charge in [-0.3, -0.25) is 4.79 Å². The minimum absolute atomic E-state index is 0.195. The summed E-state index contributed by atoms with van der Waals surface area (Å²) in [7, 11) is 1.81. The topological polar surface area (TPSA) is 54.0 Å². The highest BCUT2D eigenvalue weighted by Gasteiger charge is 2.09. The molecule has 0 spiro atoms. The van der Waals surface area contributed by atoms with Crippen molar-refractivity contribution in [2.75, 3.05) is 12.4 Å². The van der Waals surface area contributed by atoms with Crippen molar-refractivity contribution in [3.63, 3.8) is 0 Å². The monoisotopic (exact) mass is 281 g/mol. The summed E-state index contributed by atoms with van der Waals surface area (Å²) in [5.74, 6) is -0.195. The molecule has 0 aliphatic rings. The van der Waals surface area contributed by atoms with Crippen LogP contribution in [0.1, 0.15) is 16.1 Å². The molecule has 0 fully saturated rings. The smallest absolute Gasteiger partial charge is 0.253 e. The maximum absolute atomic E-state index is 11.9. The number of hydrogen-bond donors (Lipinski definition) is 2. The van der Waals surface area contributed by atoms with E-state index < -0.39 is 0 Å². The van der Waals surface area contributed by atoms with E-state index in [0.717, 1.165) is 10.8 Å². The van der Waals surface area contributed by atoms with Crippen molar-refractivity contribution in [1.29, 1.82) is 0 Å². The quantitative estimate of drug-likeness (QED) is 0.906. The van der Waals surface area contributed by atoms with Gasteiger partial charge in [-0.1, -0.05) is 23.7 Å².